The summed E-state index contributed by atoms with van der Waals surface area (Å²) >= 11 is 0. The fourth-order valence-electron chi connectivity index (χ4n) is 2.38. The van der Waals surface area contributed by atoms with Crippen molar-refractivity contribution >= 4 is 5.78 Å². The number of benzene rings is 1. The molecule has 0 amide bonds. The Labute approximate surface area is 115 Å². The Balaban J connectivity index is 2.12. The number of rotatable bonds is 3. The van der Waals surface area contributed by atoms with Crippen molar-refractivity contribution in [1.82, 2.24) is 0 Å². The molecule has 1 aliphatic heterocycles. The van der Waals surface area contributed by atoms with Gasteiger partial charge in [0.05, 0.1) is 5.56 Å². The number of carbonyl (C=O) groups is 1. The average Bonchev–Trinajstić information content (AvgIpc) is 2.39. The number of ether oxygens (including phenoxy) is 1. The second-order valence-electron chi connectivity index (χ2n) is 5.33. The molecule has 0 aliphatic carbocycles. The molecule has 0 radical (unpaired) electrons. The summed E-state index contributed by atoms with van der Waals surface area (Å²) in [5, 5.41) is 0. The van der Waals surface area contributed by atoms with Gasteiger partial charge in [-0.1, -0.05) is 18.2 Å². The SMILES string of the molecule is CC1(C(=O)Cc2cccc(C(F)(F)F)c2)CCCCO1. The summed E-state index contributed by atoms with van der Waals surface area (Å²) in [6.07, 6.45) is -1.95. The van der Waals surface area contributed by atoms with Crippen molar-refractivity contribution < 1.29 is 22.7 Å². The molecule has 1 fully saturated rings. The number of ketones is 1. The van der Waals surface area contributed by atoms with Gasteiger partial charge < -0.3 is 4.74 Å². The minimum atomic E-state index is -4.38. The molecular weight excluding hydrogens is 269 g/mol. The van der Waals surface area contributed by atoms with Crippen LogP contribution in [0.5, 0.6) is 0 Å². The van der Waals surface area contributed by atoms with Crippen LogP contribution in [0.1, 0.15) is 37.3 Å². The number of carbonyl (C=O) groups excluding carboxylic acids is 1. The second-order valence-corrected chi connectivity index (χ2v) is 5.33. The maximum atomic E-state index is 12.6. The zero-order valence-electron chi connectivity index (χ0n) is 11.3. The van der Waals surface area contributed by atoms with E-state index in [0.717, 1.165) is 25.0 Å². The van der Waals surface area contributed by atoms with E-state index < -0.39 is 17.3 Å². The zero-order valence-corrected chi connectivity index (χ0v) is 11.3. The molecule has 1 unspecified atom stereocenters. The molecule has 1 atom stereocenters. The number of hydrogen-bond acceptors (Lipinski definition) is 2. The Hall–Kier alpha value is -1.36. The van der Waals surface area contributed by atoms with E-state index in [1.165, 1.54) is 6.07 Å². The zero-order chi connectivity index (χ0) is 14.8. The predicted octanol–water partition coefficient (Wildman–Crippen LogP) is 3.78. The molecule has 1 aromatic carbocycles. The van der Waals surface area contributed by atoms with Gasteiger partial charge in [0, 0.05) is 13.0 Å². The van der Waals surface area contributed by atoms with E-state index in [-0.39, 0.29) is 12.2 Å². The first-order valence-corrected chi connectivity index (χ1v) is 6.65. The first-order chi connectivity index (χ1) is 9.31. The molecular formula is C15H17F3O2. The van der Waals surface area contributed by atoms with Crippen LogP contribution in [0.15, 0.2) is 24.3 Å². The van der Waals surface area contributed by atoms with Crippen LogP contribution in [-0.2, 0) is 22.1 Å². The molecule has 0 saturated carbocycles. The maximum absolute atomic E-state index is 12.6. The van der Waals surface area contributed by atoms with Gasteiger partial charge in [0.1, 0.15) is 5.60 Å². The van der Waals surface area contributed by atoms with Crippen molar-refractivity contribution in [2.24, 2.45) is 0 Å². The van der Waals surface area contributed by atoms with Crippen LogP contribution in [0.25, 0.3) is 0 Å². The molecule has 1 saturated heterocycles. The summed E-state index contributed by atoms with van der Waals surface area (Å²) in [6, 6.07) is 4.91. The highest BCUT2D eigenvalue weighted by atomic mass is 19.4. The minimum Gasteiger partial charge on any atom is -0.367 e. The van der Waals surface area contributed by atoms with Crippen molar-refractivity contribution in [3.8, 4) is 0 Å². The lowest BCUT2D eigenvalue weighted by Gasteiger charge is -2.32. The molecule has 5 heteroatoms. The Bertz CT molecular complexity index is 488. The first-order valence-electron chi connectivity index (χ1n) is 6.65. The number of hydrogen-bond donors (Lipinski definition) is 0. The van der Waals surface area contributed by atoms with E-state index in [1.54, 1.807) is 13.0 Å². The molecule has 20 heavy (non-hydrogen) atoms. The normalized spacial score (nSPS) is 23.6. The molecule has 0 aromatic heterocycles. The molecule has 2 rings (SSSR count). The number of Topliss-reactive ketones (excluding diaryl/α,β-unsaturated/α-hetero) is 1. The van der Waals surface area contributed by atoms with Crippen molar-refractivity contribution in [2.45, 2.75) is 44.4 Å². The van der Waals surface area contributed by atoms with Gasteiger partial charge in [-0.05, 0) is 37.8 Å². The topological polar surface area (TPSA) is 26.3 Å². The van der Waals surface area contributed by atoms with Crippen LogP contribution in [0.2, 0.25) is 0 Å². The van der Waals surface area contributed by atoms with Gasteiger partial charge in [0.25, 0.3) is 0 Å². The van der Waals surface area contributed by atoms with E-state index in [0.29, 0.717) is 18.6 Å². The van der Waals surface area contributed by atoms with Gasteiger partial charge in [-0.3, -0.25) is 4.79 Å². The maximum Gasteiger partial charge on any atom is 0.416 e. The molecule has 1 aliphatic rings. The fraction of sp³-hybridized carbons (Fsp3) is 0.533. The van der Waals surface area contributed by atoms with Gasteiger partial charge in [-0.2, -0.15) is 13.2 Å². The van der Waals surface area contributed by atoms with E-state index in [9.17, 15) is 18.0 Å². The largest absolute Gasteiger partial charge is 0.416 e. The van der Waals surface area contributed by atoms with Crippen molar-refractivity contribution in [3.05, 3.63) is 35.4 Å². The Morgan fingerprint density at radius 3 is 2.70 bits per heavy atom. The predicted molar refractivity (Wildman–Crippen MR) is 68.4 cm³/mol. The summed E-state index contributed by atoms with van der Waals surface area (Å²) in [6.45, 7) is 2.26. The third-order valence-electron chi connectivity index (χ3n) is 3.68. The highest BCUT2D eigenvalue weighted by Crippen LogP contribution is 2.31. The number of alkyl halides is 3. The van der Waals surface area contributed by atoms with Gasteiger partial charge in [0.2, 0.25) is 0 Å². The summed E-state index contributed by atoms with van der Waals surface area (Å²) in [7, 11) is 0. The standard InChI is InChI=1S/C15H17F3O2/c1-14(7-2-3-8-20-14)13(19)10-11-5-4-6-12(9-11)15(16,17)18/h4-6,9H,2-3,7-8,10H2,1H3. The summed E-state index contributed by atoms with van der Waals surface area (Å²) in [4.78, 5) is 12.2. The lowest BCUT2D eigenvalue weighted by atomic mass is 9.88. The fourth-order valence-corrected chi connectivity index (χ4v) is 2.38. The van der Waals surface area contributed by atoms with Crippen LogP contribution < -0.4 is 0 Å². The van der Waals surface area contributed by atoms with E-state index in [2.05, 4.69) is 0 Å². The lowest BCUT2D eigenvalue weighted by Crippen LogP contribution is -2.42. The van der Waals surface area contributed by atoms with E-state index in [4.69, 9.17) is 4.74 Å². The Morgan fingerprint density at radius 1 is 1.35 bits per heavy atom. The first kappa shape index (κ1) is 15.0. The van der Waals surface area contributed by atoms with E-state index >= 15 is 0 Å². The molecule has 1 aromatic rings. The van der Waals surface area contributed by atoms with Crippen LogP contribution in [0.4, 0.5) is 13.2 Å². The van der Waals surface area contributed by atoms with Crippen LogP contribution in [-0.4, -0.2) is 18.0 Å². The highest BCUT2D eigenvalue weighted by Gasteiger charge is 2.36. The van der Waals surface area contributed by atoms with Crippen molar-refractivity contribution in [1.29, 1.82) is 0 Å². The molecule has 2 nitrogen and oxygen atoms in total. The van der Waals surface area contributed by atoms with Gasteiger partial charge in [-0.25, -0.2) is 0 Å². The van der Waals surface area contributed by atoms with E-state index in [1.807, 2.05) is 0 Å². The molecule has 1 heterocycles. The monoisotopic (exact) mass is 286 g/mol. The Kier molecular flexibility index (Phi) is 4.18. The summed E-state index contributed by atoms with van der Waals surface area (Å²) in [5.74, 6) is -0.156. The third kappa shape index (κ3) is 3.39. The number of halogens is 3. The van der Waals surface area contributed by atoms with Crippen LogP contribution in [0, 0.1) is 0 Å². The Morgan fingerprint density at radius 2 is 2.10 bits per heavy atom. The molecule has 0 N–H and O–H groups in total. The molecule has 0 spiro atoms. The minimum absolute atomic E-state index is 0.0274. The smallest absolute Gasteiger partial charge is 0.367 e. The third-order valence-corrected chi connectivity index (χ3v) is 3.68. The van der Waals surface area contributed by atoms with Gasteiger partial charge in [-0.15, -0.1) is 0 Å². The highest BCUT2D eigenvalue weighted by molar-refractivity contribution is 5.88. The quantitative estimate of drug-likeness (QED) is 0.845. The van der Waals surface area contributed by atoms with Crippen LogP contribution in [0.3, 0.4) is 0 Å². The average molecular weight is 286 g/mol. The molecule has 0 bridgehead atoms. The molecule has 110 valence electrons. The van der Waals surface area contributed by atoms with Gasteiger partial charge >= 0.3 is 6.18 Å². The second kappa shape index (κ2) is 5.56. The summed E-state index contributed by atoms with van der Waals surface area (Å²) < 4.78 is 43.4. The van der Waals surface area contributed by atoms with Crippen molar-refractivity contribution in [2.75, 3.05) is 6.61 Å². The van der Waals surface area contributed by atoms with Gasteiger partial charge in [0.15, 0.2) is 5.78 Å². The van der Waals surface area contributed by atoms with Crippen molar-refractivity contribution in [3.63, 3.8) is 0 Å². The summed E-state index contributed by atoms with van der Waals surface area (Å²) in [5.41, 5.74) is -1.20. The van der Waals surface area contributed by atoms with Crippen LogP contribution >= 0.6 is 0 Å². The lowest BCUT2D eigenvalue weighted by molar-refractivity contribution is -0.147.